The van der Waals surface area contributed by atoms with Gasteiger partial charge in [-0.2, -0.15) is 25.3 Å². The Morgan fingerprint density at radius 2 is 1.13 bits per heavy atom. The molecular weight excluding hydrogens is 222 g/mol. The molecule has 0 radical (unpaired) electrons. The van der Waals surface area contributed by atoms with E-state index in [-0.39, 0.29) is 0 Å². The van der Waals surface area contributed by atoms with Crippen LogP contribution in [0.25, 0.3) is 0 Å². The maximum Gasteiger partial charge on any atom is -0.00490 e. The fourth-order valence-electron chi connectivity index (χ4n) is 0.952. The van der Waals surface area contributed by atoms with E-state index in [1.807, 2.05) is 0 Å². The van der Waals surface area contributed by atoms with Gasteiger partial charge in [0.2, 0.25) is 0 Å². The fourth-order valence-corrected chi connectivity index (χ4v) is 1.40. The lowest BCUT2D eigenvalue weighted by Crippen LogP contribution is -2.15. The van der Waals surface area contributed by atoms with Gasteiger partial charge in [-0.3, -0.25) is 0 Å². The molecule has 0 atom stereocenters. The first-order valence-corrected chi connectivity index (χ1v) is 7.52. The monoisotopic (exact) mass is 251 g/mol. The van der Waals surface area contributed by atoms with Crippen LogP contribution in [0.5, 0.6) is 0 Å². The molecule has 0 spiro atoms. The second kappa shape index (κ2) is 20.1. The van der Waals surface area contributed by atoms with Crippen LogP contribution in [0.2, 0.25) is 0 Å². The zero-order valence-corrected chi connectivity index (χ0v) is 12.3. The summed E-state index contributed by atoms with van der Waals surface area (Å²) in [4.78, 5) is 0. The number of rotatable bonds is 9. The molecule has 0 saturated carbocycles. The SMILES string of the molecule is CCCCNCCCC.SCCCCS. The minimum atomic E-state index is 1.00. The van der Waals surface area contributed by atoms with Crippen LogP contribution < -0.4 is 5.32 Å². The van der Waals surface area contributed by atoms with Crippen molar-refractivity contribution in [3.05, 3.63) is 0 Å². The molecule has 0 rings (SSSR count). The van der Waals surface area contributed by atoms with E-state index >= 15 is 0 Å². The molecule has 1 N–H and O–H groups in total. The molecular formula is C12H29NS2. The predicted molar refractivity (Wildman–Crippen MR) is 79.6 cm³/mol. The van der Waals surface area contributed by atoms with E-state index in [4.69, 9.17) is 0 Å². The molecule has 0 fully saturated rings. The van der Waals surface area contributed by atoms with Crippen molar-refractivity contribution in [1.29, 1.82) is 0 Å². The topological polar surface area (TPSA) is 12.0 Å². The Kier molecular flexibility index (Phi) is 24.2. The number of thiol groups is 2. The maximum atomic E-state index is 4.02. The van der Waals surface area contributed by atoms with Crippen molar-refractivity contribution in [3.8, 4) is 0 Å². The molecule has 0 bridgehead atoms. The zero-order chi connectivity index (χ0) is 11.8. The highest BCUT2D eigenvalue weighted by Gasteiger charge is 1.83. The Bertz CT molecular complexity index is 79.7. The van der Waals surface area contributed by atoms with Gasteiger partial charge in [-0.15, -0.1) is 0 Å². The largest absolute Gasteiger partial charge is 0.317 e. The summed E-state index contributed by atoms with van der Waals surface area (Å²) in [6.07, 6.45) is 7.66. The van der Waals surface area contributed by atoms with Crippen LogP contribution in [-0.2, 0) is 0 Å². The van der Waals surface area contributed by atoms with Crippen LogP contribution in [0.15, 0.2) is 0 Å². The van der Waals surface area contributed by atoms with E-state index in [1.54, 1.807) is 0 Å². The zero-order valence-electron chi connectivity index (χ0n) is 10.5. The highest BCUT2D eigenvalue weighted by atomic mass is 32.1. The second-order valence-electron chi connectivity index (χ2n) is 3.61. The summed E-state index contributed by atoms with van der Waals surface area (Å²) in [5.41, 5.74) is 0. The first-order chi connectivity index (χ1) is 7.33. The number of hydrogen-bond acceptors (Lipinski definition) is 3. The van der Waals surface area contributed by atoms with Crippen molar-refractivity contribution in [2.45, 2.75) is 52.4 Å². The van der Waals surface area contributed by atoms with Gasteiger partial charge in [-0.25, -0.2) is 0 Å². The van der Waals surface area contributed by atoms with Gasteiger partial charge in [0.15, 0.2) is 0 Å². The second-order valence-corrected chi connectivity index (χ2v) is 4.51. The molecule has 0 saturated heterocycles. The molecule has 0 amide bonds. The molecule has 0 heterocycles. The van der Waals surface area contributed by atoms with Crippen molar-refractivity contribution in [3.63, 3.8) is 0 Å². The van der Waals surface area contributed by atoms with Crippen LogP contribution in [-0.4, -0.2) is 24.6 Å². The Hall–Kier alpha value is 0.660. The molecule has 94 valence electrons. The third-order valence-electron chi connectivity index (χ3n) is 1.98. The van der Waals surface area contributed by atoms with E-state index in [0.29, 0.717) is 0 Å². The minimum absolute atomic E-state index is 1.00. The summed E-state index contributed by atoms with van der Waals surface area (Å²) in [7, 11) is 0. The molecule has 15 heavy (non-hydrogen) atoms. The molecule has 0 aliphatic carbocycles. The molecule has 0 unspecified atom stereocenters. The van der Waals surface area contributed by atoms with Crippen LogP contribution in [0.4, 0.5) is 0 Å². The third-order valence-corrected chi connectivity index (χ3v) is 2.61. The van der Waals surface area contributed by atoms with Crippen molar-refractivity contribution in [1.82, 2.24) is 5.32 Å². The van der Waals surface area contributed by atoms with Gasteiger partial charge in [-0.05, 0) is 50.3 Å². The quantitative estimate of drug-likeness (QED) is 0.418. The van der Waals surface area contributed by atoms with Gasteiger partial charge < -0.3 is 5.32 Å². The number of unbranched alkanes of at least 4 members (excludes halogenated alkanes) is 3. The lowest BCUT2D eigenvalue weighted by Gasteiger charge is -1.99. The average Bonchev–Trinajstić information content (AvgIpc) is 2.27. The van der Waals surface area contributed by atoms with Crippen molar-refractivity contribution >= 4 is 25.3 Å². The van der Waals surface area contributed by atoms with E-state index in [1.165, 1.54) is 51.6 Å². The van der Waals surface area contributed by atoms with Gasteiger partial charge in [-0.1, -0.05) is 26.7 Å². The normalized spacial score (nSPS) is 9.60. The summed E-state index contributed by atoms with van der Waals surface area (Å²) < 4.78 is 0. The van der Waals surface area contributed by atoms with Crippen LogP contribution in [0.1, 0.15) is 52.4 Å². The maximum absolute atomic E-state index is 4.02. The fraction of sp³-hybridized carbons (Fsp3) is 1.00. The van der Waals surface area contributed by atoms with Crippen LogP contribution in [0.3, 0.4) is 0 Å². The Balaban J connectivity index is 0. The predicted octanol–water partition coefficient (Wildman–Crippen LogP) is 3.80. The smallest absolute Gasteiger partial charge is 0.00490 e. The molecule has 3 heteroatoms. The molecule has 0 aliphatic heterocycles. The molecule has 1 nitrogen and oxygen atoms in total. The minimum Gasteiger partial charge on any atom is -0.317 e. The summed E-state index contributed by atoms with van der Waals surface area (Å²) >= 11 is 8.04. The standard InChI is InChI=1S/C8H19N.C4H10S2/c1-3-5-7-9-8-6-4-2;5-3-1-2-4-6/h9H,3-8H2,1-2H3;5-6H,1-4H2. The first kappa shape index (κ1) is 18.0. The lowest BCUT2D eigenvalue weighted by molar-refractivity contribution is 0.611. The summed E-state index contributed by atoms with van der Waals surface area (Å²) in [6.45, 7) is 6.86. The van der Waals surface area contributed by atoms with Gasteiger partial charge in [0.1, 0.15) is 0 Å². The van der Waals surface area contributed by atoms with Gasteiger partial charge in [0.05, 0.1) is 0 Å². The average molecular weight is 252 g/mol. The molecule has 0 aromatic heterocycles. The van der Waals surface area contributed by atoms with E-state index in [0.717, 1.165) is 11.5 Å². The van der Waals surface area contributed by atoms with Gasteiger partial charge >= 0.3 is 0 Å². The first-order valence-electron chi connectivity index (χ1n) is 6.25. The molecule has 0 aromatic carbocycles. The summed E-state index contributed by atoms with van der Waals surface area (Å²) in [6, 6.07) is 0. The summed E-state index contributed by atoms with van der Waals surface area (Å²) in [5, 5.41) is 3.39. The van der Waals surface area contributed by atoms with E-state index in [9.17, 15) is 0 Å². The van der Waals surface area contributed by atoms with Crippen molar-refractivity contribution in [2.75, 3.05) is 24.6 Å². The molecule has 0 aromatic rings. The number of nitrogens with one attached hydrogen (secondary N) is 1. The van der Waals surface area contributed by atoms with Crippen LogP contribution >= 0.6 is 25.3 Å². The Morgan fingerprint density at radius 1 is 0.733 bits per heavy atom. The van der Waals surface area contributed by atoms with E-state index < -0.39 is 0 Å². The third kappa shape index (κ3) is 25.2. The highest BCUT2D eigenvalue weighted by molar-refractivity contribution is 7.80. The van der Waals surface area contributed by atoms with E-state index in [2.05, 4.69) is 44.4 Å². The Labute approximate surface area is 108 Å². The highest BCUT2D eigenvalue weighted by Crippen LogP contribution is 1.91. The molecule has 0 aliphatic rings. The lowest BCUT2D eigenvalue weighted by atomic mass is 10.3. The van der Waals surface area contributed by atoms with Gasteiger partial charge in [0.25, 0.3) is 0 Å². The number of hydrogen-bond donors (Lipinski definition) is 3. The van der Waals surface area contributed by atoms with Crippen molar-refractivity contribution < 1.29 is 0 Å². The van der Waals surface area contributed by atoms with Crippen LogP contribution in [0, 0.1) is 0 Å². The Morgan fingerprint density at radius 3 is 1.40 bits per heavy atom. The summed E-state index contributed by atoms with van der Waals surface area (Å²) in [5.74, 6) is 2.00. The van der Waals surface area contributed by atoms with Crippen molar-refractivity contribution in [2.24, 2.45) is 0 Å². The van der Waals surface area contributed by atoms with Gasteiger partial charge in [0, 0.05) is 0 Å².